The SMILES string of the molecule is c1cc(Cc2cccc3c2[pH]c2ccccc23)nc(Cc2cccc3c2[pH]c2ccccc23)c1. The lowest BCUT2D eigenvalue weighted by atomic mass is 10.0. The number of fused-ring (bicyclic) bond motifs is 6. The molecule has 0 aliphatic carbocycles. The highest BCUT2D eigenvalue weighted by Crippen LogP contribution is 2.41. The van der Waals surface area contributed by atoms with Gasteiger partial charge in [0.2, 0.25) is 0 Å². The maximum absolute atomic E-state index is 5.12. The van der Waals surface area contributed by atoms with Crippen molar-refractivity contribution in [2.75, 3.05) is 0 Å². The lowest BCUT2D eigenvalue weighted by Crippen LogP contribution is -1.98. The van der Waals surface area contributed by atoms with Gasteiger partial charge in [0.15, 0.2) is 0 Å². The molecule has 2 atom stereocenters. The van der Waals surface area contributed by atoms with Crippen LogP contribution < -0.4 is 0 Å². The zero-order valence-electron chi connectivity index (χ0n) is 18.7. The number of hydrogen-bond donors (Lipinski definition) is 0. The molecule has 4 aromatic carbocycles. The van der Waals surface area contributed by atoms with Crippen LogP contribution in [-0.4, -0.2) is 4.98 Å². The fourth-order valence-electron chi connectivity index (χ4n) is 5.28. The van der Waals surface area contributed by atoms with Gasteiger partial charge in [0.05, 0.1) is 0 Å². The zero-order chi connectivity index (χ0) is 22.5. The summed E-state index contributed by atoms with van der Waals surface area (Å²) in [4.78, 5) is 5.12. The van der Waals surface area contributed by atoms with Crippen molar-refractivity contribution in [3.63, 3.8) is 0 Å². The summed E-state index contributed by atoms with van der Waals surface area (Å²) in [5.74, 6) is 0. The quantitative estimate of drug-likeness (QED) is 0.250. The first kappa shape index (κ1) is 20.0. The van der Waals surface area contributed by atoms with Crippen LogP contribution in [-0.2, 0) is 12.8 Å². The fourth-order valence-corrected chi connectivity index (χ4v) is 8.25. The molecule has 0 fully saturated rings. The van der Waals surface area contributed by atoms with Crippen molar-refractivity contribution in [2.45, 2.75) is 12.8 Å². The van der Waals surface area contributed by atoms with E-state index in [1.54, 1.807) is 0 Å². The molecule has 0 amide bonds. The summed E-state index contributed by atoms with van der Waals surface area (Å²) >= 11 is 0. The van der Waals surface area contributed by atoms with Gasteiger partial charge < -0.3 is 0 Å². The first-order valence-corrected chi connectivity index (χ1v) is 13.7. The highest BCUT2D eigenvalue weighted by Gasteiger charge is 2.11. The van der Waals surface area contributed by atoms with Crippen LogP contribution in [0.25, 0.3) is 42.0 Å². The molecule has 0 aliphatic rings. The molecular weight excluding hydrogens is 448 g/mol. The van der Waals surface area contributed by atoms with Gasteiger partial charge in [0.25, 0.3) is 0 Å². The number of hydrogen-bond acceptors (Lipinski definition) is 1. The van der Waals surface area contributed by atoms with Gasteiger partial charge >= 0.3 is 0 Å². The average Bonchev–Trinajstić information content (AvgIpc) is 3.44. The lowest BCUT2D eigenvalue weighted by Gasteiger charge is -2.08. The molecule has 3 aromatic heterocycles. The third-order valence-electron chi connectivity index (χ3n) is 6.86. The van der Waals surface area contributed by atoms with E-state index in [9.17, 15) is 0 Å². The molecule has 162 valence electrons. The molecule has 2 unspecified atom stereocenters. The van der Waals surface area contributed by atoms with Gasteiger partial charge in [-0.3, -0.25) is 4.98 Å². The molecule has 0 radical (unpaired) electrons. The Balaban J connectivity index is 1.25. The summed E-state index contributed by atoms with van der Waals surface area (Å²) in [6.45, 7) is 0. The van der Waals surface area contributed by atoms with Crippen molar-refractivity contribution < 1.29 is 0 Å². The van der Waals surface area contributed by atoms with Gasteiger partial charge in [0.1, 0.15) is 0 Å². The minimum absolute atomic E-state index is 0.737. The molecule has 0 bridgehead atoms. The Kier molecular flexibility index (Phi) is 4.80. The fraction of sp³-hybridized carbons (Fsp3) is 0.0645. The monoisotopic (exact) mass is 471 g/mol. The Morgan fingerprint density at radius 2 is 0.882 bits per heavy atom. The molecule has 0 saturated heterocycles. The molecule has 0 spiro atoms. The van der Waals surface area contributed by atoms with Crippen LogP contribution in [0.5, 0.6) is 0 Å². The Morgan fingerprint density at radius 3 is 1.41 bits per heavy atom. The second-order valence-electron chi connectivity index (χ2n) is 8.99. The maximum atomic E-state index is 5.12. The third kappa shape index (κ3) is 3.36. The molecule has 0 saturated carbocycles. The molecule has 7 rings (SSSR count). The van der Waals surface area contributed by atoms with E-state index in [0.29, 0.717) is 0 Å². The van der Waals surface area contributed by atoms with E-state index >= 15 is 0 Å². The normalized spacial score (nSPS) is 12.2. The molecule has 1 nitrogen and oxygen atoms in total. The van der Waals surface area contributed by atoms with E-state index in [-0.39, 0.29) is 0 Å². The van der Waals surface area contributed by atoms with Gasteiger partial charge in [-0.2, -0.15) is 0 Å². The van der Waals surface area contributed by atoms with E-state index in [2.05, 4.69) is 103 Å². The summed E-state index contributed by atoms with van der Waals surface area (Å²) in [7, 11) is 1.47. The standard InChI is InChI=1S/C31H23NP2/c1-3-16-28-24(12-1)26-14-5-8-20(30(26)33-28)18-22-10-7-11-23(32-22)19-21-9-6-15-27-25-13-2-4-17-29(25)34-31(21)27/h1-17,33-34H,18-19H2. The van der Waals surface area contributed by atoms with Crippen LogP contribution in [0.3, 0.4) is 0 Å². The minimum Gasteiger partial charge on any atom is -0.257 e. The molecule has 3 heteroatoms. The Hall–Kier alpha value is -3.37. The van der Waals surface area contributed by atoms with Crippen LogP contribution in [0.4, 0.5) is 0 Å². The van der Waals surface area contributed by atoms with E-state index < -0.39 is 0 Å². The van der Waals surface area contributed by atoms with Crippen LogP contribution in [0.15, 0.2) is 103 Å². The van der Waals surface area contributed by atoms with Gasteiger partial charge in [-0.1, -0.05) is 91.0 Å². The first-order valence-electron chi connectivity index (χ1n) is 11.7. The van der Waals surface area contributed by atoms with Crippen LogP contribution >= 0.6 is 16.4 Å². The van der Waals surface area contributed by atoms with Gasteiger partial charge in [0, 0.05) is 34.5 Å². The number of benzene rings is 4. The van der Waals surface area contributed by atoms with E-state index in [0.717, 1.165) is 40.6 Å². The average molecular weight is 471 g/mol. The van der Waals surface area contributed by atoms with Gasteiger partial charge in [-0.25, -0.2) is 0 Å². The van der Waals surface area contributed by atoms with Crippen LogP contribution in [0, 0.1) is 0 Å². The van der Waals surface area contributed by atoms with Crippen molar-refractivity contribution in [1.29, 1.82) is 0 Å². The van der Waals surface area contributed by atoms with Crippen molar-refractivity contribution in [3.05, 3.63) is 126 Å². The van der Waals surface area contributed by atoms with Crippen LogP contribution in [0.1, 0.15) is 22.5 Å². The topological polar surface area (TPSA) is 12.9 Å². The van der Waals surface area contributed by atoms with Crippen molar-refractivity contribution in [3.8, 4) is 0 Å². The molecule has 0 aliphatic heterocycles. The van der Waals surface area contributed by atoms with E-state index in [1.807, 2.05) is 0 Å². The van der Waals surface area contributed by atoms with Crippen molar-refractivity contribution in [2.24, 2.45) is 0 Å². The molecule has 34 heavy (non-hydrogen) atoms. The zero-order valence-corrected chi connectivity index (χ0v) is 20.7. The highest BCUT2D eigenvalue weighted by atomic mass is 31.0. The number of pyridine rings is 1. The number of nitrogens with zero attached hydrogens (tertiary/aromatic N) is 1. The summed E-state index contributed by atoms with van der Waals surface area (Å²) < 4.78 is 0. The Bertz CT molecular complexity index is 1690. The Labute approximate surface area is 201 Å². The smallest absolute Gasteiger partial charge is 0.0451 e. The van der Waals surface area contributed by atoms with Crippen LogP contribution in [0.2, 0.25) is 0 Å². The third-order valence-corrected chi connectivity index (χ3v) is 9.95. The Morgan fingerprint density at radius 1 is 0.441 bits per heavy atom. The molecule has 7 aromatic rings. The van der Waals surface area contributed by atoms with Crippen molar-refractivity contribution in [1.82, 2.24) is 4.98 Å². The first-order chi connectivity index (χ1) is 16.8. The summed E-state index contributed by atoms with van der Waals surface area (Å²) in [5.41, 5.74) is 5.14. The van der Waals surface area contributed by atoms with E-state index in [1.165, 1.54) is 53.1 Å². The summed E-state index contributed by atoms with van der Waals surface area (Å²) in [6.07, 6.45) is 1.77. The predicted molar refractivity (Wildman–Crippen MR) is 152 cm³/mol. The second kappa shape index (κ2) is 8.14. The second-order valence-corrected chi connectivity index (χ2v) is 11.6. The maximum Gasteiger partial charge on any atom is 0.0451 e. The minimum atomic E-state index is 0.737. The molecular formula is C31H23NP2. The highest BCUT2D eigenvalue weighted by molar-refractivity contribution is 7.44. The summed E-state index contributed by atoms with van der Waals surface area (Å²) in [5, 5.41) is 11.5. The molecule has 3 heterocycles. The predicted octanol–water partition coefficient (Wildman–Crippen LogP) is 8.94. The van der Waals surface area contributed by atoms with E-state index in [4.69, 9.17) is 4.98 Å². The number of aromatic nitrogens is 1. The van der Waals surface area contributed by atoms with Gasteiger partial charge in [-0.15, -0.1) is 16.4 Å². The lowest BCUT2D eigenvalue weighted by molar-refractivity contribution is 1.00. The van der Waals surface area contributed by atoms with Crippen molar-refractivity contribution >= 4 is 58.4 Å². The van der Waals surface area contributed by atoms with Gasteiger partial charge in [-0.05, 0) is 55.0 Å². The number of rotatable bonds is 4. The molecule has 0 N–H and O–H groups in total. The summed E-state index contributed by atoms with van der Waals surface area (Å²) in [6, 6.07) is 37.7. The largest absolute Gasteiger partial charge is 0.257 e.